The molecule has 1 aliphatic heterocycles. The minimum atomic E-state index is -0.148. The van der Waals surface area contributed by atoms with Crippen LogP contribution >= 0.6 is 0 Å². The van der Waals surface area contributed by atoms with E-state index < -0.39 is 0 Å². The highest BCUT2D eigenvalue weighted by Crippen LogP contribution is 2.13. The molecule has 78 valence electrons. The Labute approximate surface area is 80.8 Å². The first-order chi connectivity index (χ1) is 6.14. The molecule has 0 aromatic heterocycles. The van der Waals surface area contributed by atoms with Crippen LogP contribution in [0.5, 0.6) is 0 Å². The van der Waals surface area contributed by atoms with Gasteiger partial charge in [-0.15, -0.1) is 0 Å². The van der Waals surface area contributed by atoms with Gasteiger partial charge in [0, 0.05) is 7.11 Å². The van der Waals surface area contributed by atoms with E-state index in [1.165, 1.54) is 0 Å². The number of ether oxygens (including phenoxy) is 2. The second kappa shape index (κ2) is 4.94. The summed E-state index contributed by atoms with van der Waals surface area (Å²) in [7, 11) is 1.73. The fraction of sp³-hybridized carbons (Fsp3) is 1.00. The molecule has 1 saturated heterocycles. The van der Waals surface area contributed by atoms with E-state index in [1.54, 1.807) is 7.11 Å². The number of rotatable bonds is 4. The fourth-order valence-electron chi connectivity index (χ4n) is 1.34. The maximum atomic E-state index is 5.77. The van der Waals surface area contributed by atoms with Crippen molar-refractivity contribution < 1.29 is 9.47 Å². The van der Waals surface area contributed by atoms with Gasteiger partial charge in [-0.05, 0) is 39.8 Å². The molecule has 0 saturated carbocycles. The van der Waals surface area contributed by atoms with Crippen LogP contribution in [0.4, 0.5) is 0 Å². The third-order valence-electron chi connectivity index (χ3n) is 2.51. The molecule has 0 aromatic rings. The zero-order valence-corrected chi connectivity index (χ0v) is 8.93. The van der Waals surface area contributed by atoms with Crippen molar-refractivity contribution in [1.29, 1.82) is 0 Å². The Morgan fingerprint density at radius 3 is 2.46 bits per heavy atom. The van der Waals surface area contributed by atoms with Crippen LogP contribution < -0.4 is 5.32 Å². The van der Waals surface area contributed by atoms with E-state index in [1.807, 2.05) is 13.8 Å². The molecule has 0 aromatic carbocycles. The first kappa shape index (κ1) is 11.0. The molecule has 1 fully saturated rings. The summed E-state index contributed by atoms with van der Waals surface area (Å²) in [6.07, 6.45) is 2.68. The molecule has 0 spiro atoms. The van der Waals surface area contributed by atoms with Gasteiger partial charge in [-0.25, -0.2) is 0 Å². The third-order valence-corrected chi connectivity index (χ3v) is 2.51. The highest BCUT2D eigenvalue weighted by atomic mass is 16.5. The van der Waals surface area contributed by atoms with Crippen molar-refractivity contribution in [2.24, 2.45) is 0 Å². The molecule has 0 aliphatic carbocycles. The number of nitrogens with one attached hydrogen (secondary N) is 1. The van der Waals surface area contributed by atoms with Gasteiger partial charge in [0.15, 0.2) is 0 Å². The Kier molecular flexibility index (Phi) is 4.16. The second-order valence-corrected chi connectivity index (χ2v) is 4.22. The maximum absolute atomic E-state index is 5.77. The van der Waals surface area contributed by atoms with Crippen LogP contribution in [-0.4, -0.2) is 38.5 Å². The lowest BCUT2D eigenvalue weighted by atomic mass is 10.1. The molecule has 1 heterocycles. The summed E-state index contributed by atoms with van der Waals surface area (Å²) < 4.78 is 11.1. The Morgan fingerprint density at radius 1 is 1.31 bits per heavy atom. The first-order valence-electron chi connectivity index (χ1n) is 5.01. The van der Waals surface area contributed by atoms with Crippen LogP contribution in [0.15, 0.2) is 0 Å². The van der Waals surface area contributed by atoms with Crippen LogP contribution in [0.2, 0.25) is 0 Å². The van der Waals surface area contributed by atoms with Crippen LogP contribution in [0.1, 0.15) is 26.7 Å². The average Bonchev–Trinajstić information content (AvgIpc) is 2.17. The summed E-state index contributed by atoms with van der Waals surface area (Å²) in [5.41, 5.74) is -0.148. The van der Waals surface area contributed by atoms with Gasteiger partial charge < -0.3 is 14.8 Å². The highest BCUT2D eigenvalue weighted by molar-refractivity contribution is 4.72. The van der Waals surface area contributed by atoms with Crippen LogP contribution in [0.25, 0.3) is 0 Å². The summed E-state index contributed by atoms with van der Waals surface area (Å²) in [6.45, 7) is 6.95. The number of hydrogen-bond donors (Lipinski definition) is 1. The standard InChI is InChI=1S/C10H21NO2/c1-10(2,12-3)8-13-9-4-6-11-7-5-9/h9,11H,4-8H2,1-3H3. The van der Waals surface area contributed by atoms with Gasteiger partial charge in [-0.1, -0.05) is 0 Å². The van der Waals surface area contributed by atoms with Crippen molar-refractivity contribution in [2.45, 2.75) is 38.4 Å². The van der Waals surface area contributed by atoms with E-state index in [-0.39, 0.29) is 5.60 Å². The SMILES string of the molecule is COC(C)(C)COC1CCNCC1. The zero-order valence-electron chi connectivity index (χ0n) is 8.93. The molecule has 0 bridgehead atoms. The van der Waals surface area contributed by atoms with E-state index in [9.17, 15) is 0 Å². The van der Waals surface area contributed by atoms with Gasteiger partial charge >= 0.3 is 0 Å². The van der Waals surface area contributed by atoms with Crippen LogP contribution in [0.3, 0.4) is 0 Å². The molecule has 0 amide bonds. The van der Waals surface area contributed by atoms with Gasteiger partial charge in [0.1, 0.15) is 0 Å². The summed E-state index contributed by atoms with van der Waals surface area (Å²) in [4.78, 5) is 0. The minimum Gasteiger partial charge on any atom is -0.376 e. The number of piperidine rings is 1. The lowest BCUT2D eigenvalue weighted by Crippen LogP contribution is -2.37. The summed E-state index contributed by atoms with van der Waals surface area (Å²) in [6, 6.07) is 0. The van der Waals surface area contributed by atoms with Gasteiger partial charge in [0.2, 0.25) is 0 Å². The van der Waals surface area contributed by atoms with Crippen molar-refractivity contribution in [3.63, 3.8) is 0 Å². The number of methoxy groups -OCH3 is 1. The van der Waals surface area contributed by atoms with E-state index >= 15 is 0 Å². The summed E-state index contributed by atoms with van der Waals surface area (Å²) >= 11 is 0. The Morgan fingerprint density at radius 2 is 1.92 bits per heavy atom. The fourth-order valence-corrected chi connectivity index (χ4v) is 1.34. The smallest absolute Gasteiger partial charge is 0.0855 e. The maximum Gasteiger partial charge on any atom is 0.0855 e. The average molecular weight is 187 g/mol. The van der Waals surface area contributed by atoms with Gasteiger partial charge in [-0.3, -0.25) is 0 Å². The highest BCUT2D eigenvalue weighted by Gasteiger charge is 2.20. The van der Waals surface area contributed by atoms with Crippen molar-refractivity contribution in [3.8, 4) is 0 Å². The summed E-state index contributed by atoms with van der Waals surface area (Å²) in [5.74, 6) is 0. The Hall–Kier alpha value is -0.120. The van der Waals surface area contributed by atoms with Crippen LogP contribution in [0, 0.1) is 0 Å². The normalized spacial score (nSPS) is 20.5. The molecule has 3 nitrogen and oxygen atoms in total. The van der Waals surface area contributed by atoms with Crippen molar-refractivity contribution in [1.82, 2.24) is 5.32 Å². The quantitative estimate of drug-likeness (QED) is 0.717. The largest absolute Gasteiger partial charge is 0.376 e. The van der Waals surface area contributed by atoms with E-state index in [0.29, 0.717) is 12.7 Å². The molecule has 1 aliphatic rings. The molecular weight excluding hydrogens is 166 g/mol. The predicted octanol–water partition coefficient (Wildman–Crippen LogP) is 1.18. The van der Waals surface area contributed by atoms with Crippen LogP contribution in [-0.2, 0) is 9.47 Å². The van der Waals surface area contributed by atoms with Crippen molar-refractivity contribution in [2.75, 3.05) is 26.8 Å². The van der Waals surface area contributed by atoms with E-state index in [0.717, 1.165) is 25.9 Å². The molecule has 0 atom stereocenters. The molecule has 3 heteroatoms. The lowest BCUT2D eigenvalue weighted by Gasteiger charge is -2.28. The molecule has 13 heavy (non-hydrogen) atoms. The van der Waals surface area contributed by atoms with Gasteiger partial charge in [-0.2, -0.15) is 0 Å². The molecule has 1 N–H and O–H groups in total. The van der Waals surface area contributed by atoms with Crippen molar-refractivity contribution >= 4 is 0 Å². The first-order valence-corrected chi connectivity index (χ1v) is 5.01. The molecule has 0 unspecified atom stereocenters. The predicted molar refractivity (Wildman–Crippen MR) is 52.9 cm³/mol. The lowest BCUT2D eigenvalue weighted by molar-refractivity contribution is -0.0806. The van der Waals surface area contributed by atoms with Gasteiger partial charge in [0.05, 0.1) is 18.3 Å². The molecule has 1 rings (SSSR count). The van der Waals surface area contributed by atoms with Gasteiger partial charge in [0.25, 0.3) is 0 Å². The number of hydrogen-bond acceptors (Lipinski definition) is 3. The topological polar surface area (TPSA) is 30.5 Å². The zero-order chi connectivity index (χ0) is 9.73. The molecular formula is C10H21NO2. The summed E-state index contributed by atoms with van der Waals surface area (Å²) in [5, 5.41) is 3.31. The Balaban J connectivity index is 2.17. The van der Waals surface area contributed by atoms with E-state index in [2.05, 4.69) is 5.32 Å². The second-order valence-electron chi connectivity index (χ2n) is 4.22. The van der Waals surface area contributed by atoms with E-state index in [4.69, 9.17) is 9.47 Å². The minimum absolute atomic E-state index is 0.148. The van der Waals surface area contributed by atoms with Crippen molar-refractivity contribution in [3.05, 3.63) is 0 Å². The third kappa shape index (κ3) is 4.07. The monoisotopic (exact) mass is 187 g/mol. The molecule has 0 radical (unpaired) electrons. The Bertz CT molecular complexity index is 142.